The lowest BCUT2D eigenvalue weighted by Crippen LogP contribution is -2.30. The quantitative estimate of drug-likeness (QED) is 0.0261. The van der Waals surface area contributed by atoms with Gasteiger partial charge in [0.05, 0.1) is 0 Å². The van der Waals surface area contributed by atoms with Crippen LogP contribution in [0, 0.1) is 0 Å². The Balaban J connectivity index is 4.16. The molecule has 1 atom stereocenters. The van der Waals surface area contributed by atoms with E-state index in [2.05, 4.69) is 106 Å². The monoisotopic (exact) mass is 1140 g/mol. The molecular formula is C76H134O6. The average Bonchev–Trinajstić information content (AvgIpc) is 3.47. The van der Waals surface area contributed by atoms with Gasteiger partial charge in [-0.25, -0.2) is 0 Å². The number of rotatable bonds is 65. The Labute approximate surface area is 509 Å². The Morgan fingerprint density at radius 1 is 0.256 bits per heavy atom. The highest BCUT2D eigenvalue weighted by Crippen LogP contribution is 2.18. The molecule has 1 unspecified atom stereocenters. The van der Waals surface area contributed by atoms with Gasteiger partial charge in [-0.3, -0.25) is 14.4 Å². The van der Waals surface area contributed by atoms with Crippen molar-refractivity contribution in [3.8, 4) is 0 Å². The van der Waals surface area contributed by atoms with Crippen molar-refractivity contribution in [3.63, 3.8) is 0 Å². The van der Waals surface area contributed by atoms with Gasteiger partial charge in [-0.1, -0.05) is 318 Å². The van der Waals surface area contributed by atoms with E-state index in [0.29, 0.717) is 19.3 Å². The molecular weight excluding hydrogens is 1010 g/mol. The smallest absolute Gasteiger partial charge is 0.306 e. The summed E-state index contributed by atoms with van der Waals surface area (Å²) in [5.74, 6) is -0.879. The molecule has 0 bridgehead atoms. The maximum absolute atomic E-state index is 12.9. The Kier molecular flexibility index (Phi) is 67.2. The van der Waals surface area contributed by atoms with Crippen LogP contribution in [0.4, 0.5) is 0 Å². The van der Waals surface area contributed by atoms with E-state index in [9.17, 15) is 14.4 Å². The van der Waals surface area contributed by atoms with E-state index in [1.54, 1.807) is 0 Å². The molecule has 0 amide bonds. The minimum Gasteiger partial charge on any atom is -0.462 e. The minimum atomic E-state index is -0.783. The second-order valence-electron chi connectivity index (χ2n) is 23.8. The van der Waals surface area contributed by atoms with E-state index < -0.39 is 6.10 Å². The molecule has 6 nitrogen and oxygen atoms in total. The van der Waals surface area contributed by atoms with E-state index in [1.807, 2.05) is 0 Å². The van der Waals surface area contributed by atoms with Gasteiger partial charge in [0.15, 0.2) is 6.10 Å². The lowest BCUT2D eigenvalue weighted by molar-refractivity contribution is -0.167. The summed E-state index contributed by atoms with van der Waals surface area (Å²) in [6, 6.07) is 0. The molecule has 0 radical (unpaired) electrons. The number of unbranched alkanes of at least 4 members (excludes halogenated alkanes) is 40. The first kappa shape index (κ1) is 78.6. The number of hydrogen-bond donors (Lipinski definition) is 0. The summed E-state index contributed by atoms with van der Waals surface area (Å²) in [5.41, 5.74) is 0. The van der Waals surface area contributed by atoms with Crippen LogP contribution in [-0.2, 0) is 28.6 Å². The number of ether oxygens (including phenoxy) is 3. The van der Waals surface area contributed by atoms with Crippen LogP contribution >= 0.6 is 0 Å². The maximum atomic E-state index is 12.9. The molecule has 0 rings (SSSR count). The third-order valence-electron chi connectivity index (χ3n) is 15.6. The topological polar surface area (TPSA) is 78.9 Å². The molecule has 82 heavy (non-hydrogen) atoms. The fourth-order valence-electron chi connectivity index (χ4n) is 10.3. The van der Waals surface area contributed by atoms with Crippen LogP contribution in [0.1, 0.15) is 361 Å². The van der Waals surface area contributed by atoms with Crippen molar-refractivity contribution < 1.29 is 28.6 Å². The molecule has 474 valence electrons. The second kappa shape index (κ2) is 70.1. The first-order valence-corrected chi connectivity index (χ1v) is 35.6. The zero-order valence-electron chi connectivity index (χ0n) is 54.5. The molecule has 0 saturated heterocycles. The van der Waals surface area contributed by atoms with E-state index in [1.165, 1.54) is 212 Å². The van der Waals surface area contributed by atoms with Crippen molar-refractivity contribution in [3.05, 3.63) is 85.1 Å². The average molecular weight is 1140 g/mol. The van der Waals surface area contributed by atoms with E-state index in [-0.39, 0.29) is 31.1 Å². The van der Waals surface area contributed by atoms with Gasteiger partial charge in [0.25, 0.3) is 0 Å². The van der Waals surface area contributed by atoms with E-state index in [4.69, 9.17) is 14.2 Å². The lowest BCUT2D eigenvalue weighted by atomic mass is 10.0. The molecule has 0 spiro atoms. The SMILES string of the molecule is CC/C=C\C/C=C\C/C=C\C/C=C\CCCCCCCCCCCCCCCCCCCCCCC(=O)OCC(COC(=O)CCCCCCC/C=C\C/C=C\CCC)OC(=O)CCCCCCCCC/C=C\CCCCCCCCC. The van der Waals surface area contributed by atoms with Crippen LogP contribution in [0.3, 0.4) is 0 Å². The molecule has 0 heterocycles. The van der Waals surface area contributed by atoms with Crippen molar-refractivity contribution >= 4 is 17.9 Å². The highest BCUT2D eigenvalue weighted by atomic mass is 16.6. The molecule has 0 aromatic heterocycles. The summed E-state index contributed by atoms with van der Waals surface area (Å²) in [4.78, 5) is 38.4. The largest absolute Gasteiger partial charge is 0.462 e. The second-order valence-corrected chi connectivity index (χ2v) is 23.8. The molecule has 0 aromatic rings. The van der Waals surface area contributed by atoms with Gasteiger partial charge >= 0.3 is 17.9 Å². The normalized spacial score (nSPS) is 12.6. The molecule has 0 aromatic carbocycles. The van der Waals surface area contributed by atoms with Crippen LogP contribution in [0.25, 0.3) is 0 Å². The summed E-state index contributed by atoms with van der Waals surface area (Å²) >= 11 is 0. The first-order valence-electron chi connectivity index (χ1n) is 35.6. The lowest BCUT2D eigenvalue weighted by Gasteiger charge is -2.18. The van der Waals surface area contributed by atoms with Gasteiger partial charge in [-0.05, 0) is 109 Å². The molecule has 0 aliphatic rings. The van der Waals surface area contributed by atoms with Crippen LogP contribution < -0.4 is 0 Å². The molecule has 0 fully saturated rings. The maximum Gasteiger partial charge on any atom is 0.306 e. The number of carbonyl (C=O) groups is 3. The first-order chi connectivity index (χ1) is 40.5. The van der Waals surface area contributed by atoms with E-state index >= 15 is 0 Å². The third kappa shape index (κ3) is 67.4. The number of hydrogen-bond acceptors (Lipinski definition) is 6. The molecule has 6 heteroatoms. The molecule has 0 aliphatic heterocycles. The van der Waals surface area contributed by atoms with Gasteiger partial charge in [0, 0.05) is 19.3 Å². The summed E-state index contributed by atoms with van der Waals surface area (Å²) in [5, 5.41) is 0. The highest BCUT2D eigenvalue weighted by molar-refractivity contribution is 5.71. The summed E-state index contributed by atoms with van der Waals surface area (Å²) in [6.07, 6.45) is 93.4. The molecule has 0 saturated carbocycles. The summed E-state index contributed by atoms with van der Waals surface area (Å²) < 4.78 is 17.0. The number of carbonyl (C=O) groups excluding carboxylic acids is 3. The standard InChI is InChI=1S/C76H134O6/c1-4-7-10-13-16-19-22-25-27-29-31-32-33-34-35-36-37-38-39-40-41-42-43-44-45-47-48-51-54-57-60-63-66-69-75(78)81-72-73(71-80-74(77)68-65-62-59-56-53-50-24-21-18-15-12-9-6-3)82-76(79)70-67-64-61-58-55-52-49-46-30-28-26-23-20-17-14-11-8-5-2/h7,10,12,15-16,19,21,24-25,27-28,30-32,73H,4-6,8-9,11,13-14,17-18,20,22-23,26,29,33-72H2,1-3H3/b10-7-,15-12-,19-16-,24-21-,27-25-,30-28-,32-31-. The Morgan fingerprint density at radius 3 is 0.805 bits per heavy atom. The van der Waals surface area contributed by atoms with Crippen molar-refractivity contribution in [2.75, 3.05) is 13.2 Å². The van der Waals surface area contributed by atoms with Crippen LogP contribution in [0.15, 0.2) is 85.1 Å². The van der Waals surface area contributed by atoms with Crippen molar-refractivity contribution in [1.82, 2.24) is 0 Å². The Hall–Kier alpha value is -3.41. The third-order valence-corrected chi connectivity index (χ3v) is 15.6. The van der Waals surface area contributed by atoms with E-state index in [0.717, 1.165) is 109 Å². The highest BCUT2D eigenvalue weighted by Gasteiger charge is 2.19. The fourth-order valence-corrected chi connectivity index (χ4v) is 10.3. The zero-order chi connectivity index (χ0) is 59.2. The fraction of sp³-hybridized carbons (Fsp3) is 0.776. The Bertz CT molecular complexity index is 1550. The van der Waals surface area contributed by atoms with Crippen LogP contribution in [-0.4, -0.2) is 37.2 Å². The minimum absolute atomic E-state index is 0.0784. The van der Waals surface area contributed by atoms with Crippen molar-refractivity contribution in [2.24, 2.45) is 0 Å². The van der Waals surface area contributed by atoms with Crippen LogP contribution in [0.2, 0.25) is 0 Å². The zero-order valence-corrected chi connectivity index (χ0v) is 54.5. The summed E-state index contributed by atoms with van der Waals surface area (Å²) in [6.45, 7) is 6.49. The van der Waals surface area contributed by atoms with Gasteiger partial charge in [-0.2, -0.15) is 0 Å². The molecule has 0 N–H and O–H groups in total. The Morgan fingerprint density at radius 2 is 0.500 bits per heavy atom. The van der Waals surface area contributed by atoms with Crippen LogP contribution in [0.5, 0.6) is 0 Å². The number of esters is 3. The predicted molar refractivity (Wildman–Crippen MR) is 358 cm³/mol. The van der Waals surface area contributed by atoms with Gasteiger partial charge in [0.1, 0.15) is 13.2 Å². The van der Waals surface area contributed by atoms with Crippen molar-refractivity contribution in [2.45, 2.75) is 367 Å². The van der Waals surface area contributed by atoms with Crippen molar-refractivity contribution in [1.29, 1.82) is 0 Å². The predicted octanol–water partition coefficient (Wildman–Crippen LogP) is 24.6. The van der Waals surface area contributed by atoms with Gasteiger partial charge in [0.2, 0.25) is 0 Å². The molecule has 0 aliphatic carbocycles. The van der Waals surface area contributed by atoms with Gasteiger partial charge < -0.3 is 14.2 Å². The summed E-state index contributed by atoms with van der Waals surface area (Å²) in [7, 11) is 0. The van der Waals surface area contributed by atoms with Gasteiger partial charge in [-0.15, -0.1) is 0 Å². The number of allylic oxidation sites excluding steroid dienone is 14.